The van der Waals surface area contributed by atoms with Gasteiger partial charge in [0.25, 0.3) is 0 Å². The Bertz CT molecular complexity index is 611. The molecule has 0 spiro atoms. The van der Waals surface area contributed by atoms with Crippen LogP contribution in [0.2, 0.25) is 0 Å². The second-order valence-corrected chi connectivity index (χ2v) is 4.97. The highest BCUT2D eigenvalue weighted by molar-refractivity contribution is 9.10. The van der Waals surface area contributed by atoms with E-state index in [9.17, 15) is 4.79 Å². The van der Waals surface area contributed by atoms with Gasteiger partial charge in [-0.3, -0.25) is 4.79 Å². The van der Waals surface area contributed by atoms with Crippen molar-refractivity contribution >= 4 is 33.4 Å². The molecule has 0 unspecified atom stereocenters. The summed E-state index contributed by atoms with van der Waals surface area (Å²) in [6.45, 7) is 2.91. The number of carboxylic acids is 1. The second-order valence-electron chi connectivity index (χ2n) is 4.22. The molecule has 2 aromatic rings. The Balaban J connectivity index is 2.37. The van der Waals surface area contributed by atoms with E-state index in [2.05, 4.69) is 26.0 Å². The van der Waals surface area contributed by atoms with Crippen molar-refractivity contribution in [3.8, 4) is 0 Å². The van der Waals surface area contributed by atoms with Gasteiger partial charge in [-0.2, -0.15) is 0 Å². The summed E-state index contributed by atoms with van der Waals surface area (Å²) < 4.78 is 2.41. The van der Waals surface area contributed by atoms with E-state index in [1.54, 1.807) is 4.52 Å². The van der Waals surface area contributed by atoms with Crippen molar-refractivity contribution < 1.29 is 9.90 Å². The first-order chi connectivity index (χ1) is 9.02. The summed E-state index contributed by atoms with van der Waals surface area (Å²) in [5.74, 6) is 0.0150. The maximum atomic E-state index is 10.6. The Morgan fingerprint density at radius 3 is 2.89 bits per heavy atom. The number of hydrogen-bond donors (Lipinski definition) is 1. The second kappa shape index (κ2) is 5.56. The predicted molar refractivity (Wildman–Crippen MR) is 75.6 cm³/mol. The monoisotopic (exact) mass is 326 g/mol. The third-order valence-electron chi connectivity index (χ3n) is 2.92. The first-order valence-corrected chi connectivity index (χ1v) is 6.79. The van der Waals surface area contributed by atoms with Crippen molar-refractivity contribution in [2.24, 2.45) is 0 Å². The molecular formula is C12H15BrN4O2. The zero-order valence-electron chi connectivity index (χ0n) is 10.8. The van der Waals surface area contributed by atoms with Gasteiger partial charge in [0.1, 0.15) is 10.4 Å². The van der Waals surface area contributed by atoms with Crippen LogP contribution in [0.4, 0.5) is 5.82 Å². The molecule has 2 heterocycles. The van der Waals surface area contributed by atoms with Crippen molar-refractivity contribution in [2.75, 3.05) is 18.5 Å². The summed E-state index contributed by atoms with van der Waals surface area (Å²) in [5, 5.41) is 13.2. The molecule has 0 atom stereocenters. The van der Waals surface area contributed by atoms with Crippen LogP contribution in [0.1, 0.15) is 19.0 Å². The number of imidazole rings is 1. The molecule has 2 rings (SSSR count). The number of aromatic nitrogens is 3. The molecule has 1 N–H and O–H groups in total. The van der Waals surface area contributed by atoms with Crippen LogP contribution in [-0.2, 0) is 11.2 Å². The van der Waals surface area contributed by atoms with Crippen LogP contribution in [0.5, 0.6) is 0 Å². The molecule has 0 aliphatic heterocycles. The number of halogens is 1. The standard InChI is InChI=1S/C12H15BrN4O2/c1-3-16(2)10-6-5-9-14-8(4-7-11(18)19)12(13)17(9)15-10/h5-6H,3-4,7H2,1-2H3,(H,18,19). The highest BCUT2D eigenvalue weighted by Gasteiger charge is 2.13. The van der Waals surface area contributed by atoms with Crippen molar-refractivity contribution in [1.29, 1.82) is 0 Å². The summed E-state index contributed by atoms with van der Waals surface area (Å²) in [7, 11) is 1.96. The van der Waals surface area contributed by atoms with E-state index in [0.717, 1.165) is 17.0 Å². The van der Waals surface area contributed by atoms with Crippen molar-refractivity contribution in [1.82, 2.24) is 14.6 Å². The molecule has 0 aromatic carbocycles. The lowest BCUT2D eigenvalue weighted by Crippen LogP contribution is -2.18. The third kappa shape index (κ3) is 2.86. The molecule has 6 nitrogen and oxygen atoms in total. The van der Waals surface area contributed by atoms with Crippen LogP contribution < -0.4 is 4.90 Å². The Morgan fingerprint density at radius 1 is 1.53 bits per heavy atom. The lowest BCUT2D eigenvalue weighted by Gasteiger charge is -2.14. The highest BCUT2D eigenvalue weighted by Crippen LogP contribution is 2.21. The number of fused-ring (bicyclic) bond motifs is 1. The van der Waals surface area contributed by atoms with Crippen molar-refractivity contribution in [3.05, 3.63) is 22.4 Å². The lowest BCUT2D eigenvalue weighted by molar-refractivity contribution is -0.136. The molecule has 0 fully saturated rings. The number of hydrogen-bond acceptors (Lipinski definition) is 4. The summed E-state index contributed by atoms with van der Waals surface area (Å²) in [4.78, 5) is 17.0. The number of nitrogens with zero attached hydrogens (tertiary/aromatic N) is 4. The fourth-order valence-corrected chi connectivity index (χ4v) is 2.24. The van der Waals surface area contributed by atoms with Gasteiger partial charge < -0.3 is 10.0 Å². The van der Waals surface area contributed by atoms with Gasteiger partial charge in [-0.25, -0.2) is 9.50 Å². The minimum Gasteiger partial charge on any atom is -0.481 e. The van der Waals surface area contributed by atoms with Gasteiger partial charge in [0.05, 0.1) is 12.1 Å². The van der Waals surface area contributed by atoms with Crippen LogP contribution >= 0.6 is 15.9 Å². The van der Waals surface area contributed by atoms with Gasteiger partial charge in [0, 0.05) is 20.0 Å². The van der Waals surface area contributed by atoms with Crippen LogP contribution in [0.15, 0.2) is 16.7 Å². The zero-order chi connectivity index (χ0) is 14.0. The van der Waals surface area contributed by atoms with Gasteiger partial charge in [0.2, 0.25) is 0 Å². The number of carboxylic acid groups (broad SMARTS) is 1. The Hall–Kier alpha value is -1.63. The summed E-state index contributed by atoms with van der Waals surface area (Å²) >= 11 is 3.43. The highest BCUT2D eigenvalue weighted by atomic mass is 79.9. The van der Waals surface area contributed by atoms with Crippen molar-refractivity contribution in [3.63, 3.8) is 0 Å². The minimum atomic E-state index is -0.830. The largest absolute Gasteiger partial charge is 0.481 e. The van der Waals surface area contributed by atoms with E-state index in [1.807, 2.05) is 31.0 Å². The Morgan fingerprint density at radius 2 is 2.26 bits per heavy atom. The molecule has 2 aromatic heterocycles. The fourth-order valence-electron chi connectivity index (χ4n) is 1.69. The summed E-state index contributed by atoms with van der Waals surface area (Å²) in [6.07, 6.45) is 0.447. The van der Waals surface area contributed by atoms with Gasteiger partial charge >= 0.3 is 5.97 Å². The smallest absolute Gasteiger partial charge is 0.303 e. The van der Waals surface area contributed by atoms with Crippen LogP contribution in [0.25, 0.3) is 5.65 Å². The number of aliphatic carboxylic acids is 1. The Kier molecular flexibility index (Phi) is 4.04. The molecule has 0 amide bonds. The van der Waals surface area contributed by atoms with Crippen LogP contribution in [-0.4, -0.2) is 39.3 Å². The molecule has 0 saturated carbocycles. The first kappa shape index (κ1) is 13.8. The van der Waals surface area contributed by atoms with E-state index < -0.39 is 5.97 Å². The summed E-state index contributed by atoms with van der Waals surface area (Å²) in [5.41, 5.74) is 1.42. The molecule has 0 saturated heterocycles. The molecule has 19 heavy (non-hydrogen) atoms. The lowest BCUT2D eigenvalue weighted by atomic mass is 10.2. The zero-order valence-corrected chi connectivity index (χ0v) is 12.4. The van der Waals surface area contributed by atoms with Gasteiger partial charge in [0.15, 0.2) is 5.65 Å². The van der Waals surface area contributed by atoms with E-state index in [4.69, 9.17) is 5.11 Å². The molecule has 102 valence electrons. The average molecular weight is 327 g/mol. The number of rotatable bonds is 5. The molecule has 0 bridgehead atoms. The van der Waals surface area contributed by atoms with E-state index >= 15 is 0 Å². The fraction of sp³-hybridized carbons (Fsp3) is 0.417. The maximum absolute atomic E-state index is 10.6. The van der Waals surface area contributed by atoms with E-state index in [0.29, 0.717) is 17.8 Å². The quantitative estimate of drug-likeness (QED) is 0.909. The van der Waals surface area contributed by atoms with Gasteiger partial charge in [-0.1, -0.05) is 0 Å². The summed E-state index contributed by atoms with van der Waals surface area (Å²) in [6, 6.07) is 3.78. The number of carbonyl (C=O) groups is 1. The Labute approximate surface area is 119 Å². The molecule has 7 heteroatoms. The van der Waals surface area contributed by atoms with Gasteiger partial charge in [-0.15, -0.1) is 5.10 Å². The molecular weight excluding hydrogens is 312 g/mol. The normalized spacial score (nSPS) is 10.9. The number of aryl methyl sites for hydroxylation is 1. The molecule has 0 radical (unpaired) electrons. The number of anilines is 1. The SMILES string of the molecule is CCN(C)c1ccc2nc(CCC(=O)O)c(Br)n2n1. The average Bonchev–Trinajstić information content (AvgIpc) is 2.72. The van der Waals surface area contributed by atoms with Crippen LogP contribution in [0.3, 0.4) is 0 Å². The van der Waals surface area contributed by atoms with E-state index in [1.165, 1.54) is 0 Å². The van der Waals surface area contributed by atoms with Crippen molar-refractivity contribution in [2.45, 2.75) is 19.8 Å². The maximum Gasteiger partial charge on any atom is 0.303 e. The molecule has 0 aliphatic carbocycles. The van der Waals surface area contributed by atoms with Crippen LogP contribution in [0, 0.1) is 0 Å². The molecule has 0 aliphatic rings. The van der Waals surface area contributed by atoms with E-state index in [-0.39, 0.29) is 6.42 Å². The van der Waals surface area contributed by atoms with Gasteiger partial charge in [-0.05, 0) is 35.0 Å². The minimum absolute atomic E-state index is 0.0597. The third-order valence-corrected chi connectivity index (χ3v) is 3.71. The first-order valence-electron chi connectivity index (χ1n) is 6.00. The predicted octanol–water partition coefficient (Wildman–Crippen LogP) is 1.97. The topological polar surface area (TPSA) is 70.7 Å².